The molecule has 0 aliphatic carbocycles. The molecule has 1 heterocycles. The van der Waals surface area contributed by atoms with Gasteiger partial charge >= 0.3 is 0 Å². The first-order valence-electron chi connectivity index (χ1n) is 5.34. The Morgan fingerprint density at radius 3 is 2.81 bits per heavy atom. The van der Waals surface area contributed by atoms with Crippen molar-refractivity contribution in [2.24, 2.45) is 0 Å². The van der Waals surface area contributed by atoms with Crippen molar-refractivity contribution in [3.05, 3.63) is 29.8 Å². The van der Waals surface area contributed by atoms with Crippen molar-refractivity contribution in [3.8, 4) is 0 Å². The Bertz CT molecular complexity index is 327. The van der Waals surface area contributed by atoms with E-state index >= 15 is 0 Å². The third kappa shape index (κ3) is 4.35. The molecular formula is C11H16FN3O. The van der Waals surface area contributed by atoms with E-state index in [-0.39, 0.29) is 11.6 Å². The molecule has 2 N–H and O–H groups in total. The molecule has 0 unspecified atom stereocenters. The molecular weight excluding hydrogens is 209 g/mol. The first kappa shape index (κ1) is 12.6. The van der Waals surface area contributed by atoms with Crippen LogP contribution in [0.1, 0.15) is 23.8 Å². The van der Waals surface area contributed by atoms with E-state index in [1.54, 1.807) is 0 Å². The third-order valence-corrected chi connectivity index (χ3v) is 1.97. The molecule has 0 aliphatic rings. The molecule has 0 aromatic carbocycles. The van der Waals surface area contributed by atoms with Crippen LogP contribution in [0.2, 0.25) is 0 Å². The van der Waals surface area contributed by atoms with Gasteiger partial charge < -0.3 is 10.6 Å². The van der Waals surface area contributed by atoms with Crippen molar-refractivity contribution >= 4 is 5.91 Å². The van der Waals surface area contributed by atoms with E-state index < -0.39 is 5.82 Å². The van der Waals surface area contributed by atoms with Crippen LogP contribution in [-0.2, 0) is 0 Å². The van der Waals surface area contributed by atoms with Gasteiger partial charge in [0.1, 0.15) is 11.5 Å². The predicted octanol–water partition coefficient (Wildman–Crippen LogP) is 0.950. The fraction of sp³-hybridized carbons (Fsp3) is 0.455. The number of rotatable bonds is 6. The summed E-state index contributed by atoms with van der Waals surface area (Å²) in [5.74, 6) is -0.723. The number of nitrogens with one attached hydrogen (secondary N) is 2. The number of hydrogen-bond donors (Lipinski definition) is 2. The van der Waals surface area contributed by atoms with Crippen LogP contribution in [0.15, 0.2) is 18.3 Å². The van der Waals surface area contributed by atoms with Gasteiger partial charge in [-0.05, 0) is 25.1 Å². The molecule has 1 aromatic rings. The van der Waals surface area contributed by atoms with E-state index in [1.165, 1.54) is 12.1 Å². The summed E-state index contributed by atoms with van der Waals surface area (Å²) in [7, 11) is 0. The van der Waals surface area contributed by atoms with Gasteiger partial charge in [0.05, 0.1) is 6.20 Å². The van der Waals surface area contributed by atoms with E-state index in [4.69, 9.17) is 0 Å². The lowest BCUT2D eigenvalue weighted by atomic mass is 10.3. The van der Waals surface area contributed by atoms with Gasteiger partial charge in [-0.15, -0.1) is 0 Å². The van der Waals surface area contributed by atoms with Crippen LogP contribution in [-0.4, -0.2) is 30.5 Å². The van der Waals surface area contributed by atoms with Gasteiger partial charge in [0, 0.05) is 13.1 Å². The zero-order valence-corrected chi connectivity index (χ0v) is 9.29. The summed E-state index contributed by atoms with van der Waals surface area (Å²) >= 11 is 0. The van der Waals surface area contributed by atoms with Crippen molar-refractivity contribution in [2.45, 2.75) is 13.3 Å². The minimum absolute atomic E-state index is 0.233. The Kier molecular flexibility index (Phi) is 5.42. The molecule has 1 aromatic heterocycles. The standard InChI is InChI=1S/C11H16FN3O/c1-2-5-13-6-7-14-11(16)10-4-3-9(12)8-15-10/h3-4,8,13H,2,5-7H2,1H3,(H,14,16). The summed E-state index contributed by atoms with van der Waals surface area (Å²) in [5.41, 5.74) is 0.233. The topological polar surface area (TPSA) is 54.0 Å². The fourth-order valence-corrected chi connectivity index (χ4v) is 1.17. The average molecular weight is 225 g/mol. The highest BCUT2D eigenvalue weighted by atomic mass is 19.1. The van der Waals surface area contributed by atoms with E-state index in [9.17, 15) is 9.18 Å². The summed E-state index contributed by atoms with van der Waals surface area (Å²) in [6.45, 7) is 4.28. The largest absolute Gasteiger partial charge is 0.349 e. The van der Waals surface area contributed by atoms with Crippen LogP contribution in [0.3, 0.4) is 0 Å². The van der Waals surface area contributed by atoms with E-state index in [2.05, 4.69) is 22.5 Å². The number of carbonyl (C=O) groups is 1. The van der Waals surface area contributed by atoms with E-state index in [0.29, 0.717) is 6.54 Å². The molecule has 5 heteroatoms. The number of pyridine rings is 1. The van der Waals surface area contributed by atoms with Gasteiger partial charge in [-0.2, -0.15) is 0 Å². The number of carbonyl (C=O) groups excluding carboxylic acids is 1. The van der Waals surface area contributed by atoms with Gasteiger partial charge in [-0.1, -0.05) is 6.92 Å². The molecule has 1 rings (SSSR count). The zero-order chi connectivity index (χ0) is 11.8. The average Bonchev–Trinajstić information content (AvgIpc) is 2.29. The summed E-state index contributed by atoms with van der Waals surface area (Å²) in [6.07, 6.45) is 2.09. The Morgan fingerprint density at radius 1 is 1.38 bits per heavy atom. The quantitative estimate of drug-likeness (QED) is 0.709. The maximum absolute atomic E-state index is 12.5. The third-order valence-electron chi connectivity index (χ3n) is 1.97. The van der Waals surface area contributed by atoms with Crippen LogP contribution in [0.25, 0.3) is 0 Å². The normalized spacial score (nSPS) is 10.1. The molecule has 0 aliphatic heterocycles. The van der Waals surface area contributed by atoms with Crippen molar-refractivity contribution < 1.29 is 9.18 Å². The molecule has 88 valence electrons. The zero-order valence-electron chi connectivity index (χ0n) is 9.29. The predicted molar refractivity (Wildman–Crippen MR) is 59.7 cm³/mol. The highest BCUT2D eigenvalue weighted by Gasteiger charge is 2.05. The molecule has 0 saturated carbocycles. The molecule has 1 amide bonds. The molecule has 4 nitrogen and oxygen atoms in total. The fourth-order valence-electron chi connectivity index (χ4n) is 1.17. The van der Waals surface area contributed by atoms with Crippen molar-refractivity contribution in [2.75, 3.05) is 19.6 Å². The Balaban J connectivity index is 2.27. The molecule has 0 atom stereocenters. The summed E-state index contributed by atoms with van der Waals surface area (Å²) in [4.78, 5) is 15.2. The van der Waals surface area contributed by atoms with Crippen LogP contribution >= 0.6 is 0 Å². The Labute approximate surface area is 94.3 Å². The summed E-state index contributed by atoms with van der Waals surface area (Å²) in [6, 6.07) is 2.58. The first-order chi connectivity index (χ1) is 7.74. The molecule has 0 radical (unpaired) electrons. The maximum atomic E-state index is 12.5. The first-order valence-corrected chi connectivity index (χ1v) is 5.34. The van der Waals surface area contributed by atoms with Crippen molar-refractivity contribution in [1.82, 2.24) is 15.6 Å². The lowest BCUT2D eigenvalue weighted by Gasteiger charge is -2.05. The molecule has 0 bridgehead atoms. The van der Waals surface area contributed by atoms with E-state index in [1.807, 2.05) is 0 Å². The minimum atomic E-state index is -0.443. The van der Waals surface area contributed by atoms with Gasteiger partial charge in [-0.3, -0.25) is 4.79 Å². The summed E-state index contributed by atoms with van der Waals surface area (Å²) in [5, 5.41) is 5.85. The SMILES string of the molecule is CCCNCCNC(=O)c1ccc(F)cn1. The van der Waals surface area contributed by atoms with Crippen LogP contribution in [0.5, 0.6) is 0 Å². The number of halogens is 1. The maximum Gasteiger partial charge on any atom is 0.269 e. The van der Waals surface area contributed by atoms with Gasteiger partial charge in [-0.25, -0.2) is 9.37 Å². The molecule has 0 fully saturated rings. The highest BCUT2D eigenvalue weighted by molar-refractivity contribution is 5.92. The Hall–Kier alpha value is -1.49. The second kappa shape index (κ2) is 6.90. The molecule has 0 spiro atoms. The van der Waals surface area contributed by atoms with Crippen LogP contribution in [0, 0.1) is 5.82 Å². The van der Waals surface area contributed by atoms with Crippen molar-refractivity contribution in [3.63, 3.8) is 0 Å². The summed E-state index contributed by atoms with van der Waals surface area (Å²) < 4.78 is 12.5. The lowest BCUT2D eigenvalue weighted by Crippen LogP contribution is -2.32. The van der Waals surface area contributed by atoms with Gasteiger partial charge in [0.15, 0.2) is 0 Å². The van der Waals surface area contributed by atoms with Gasteiger partial charge in [0.25, 0.3) is 5.91 Å². The number of hydrogen-bond acceptors (Lipinski definition) is 3. The minimum Gasteiger partial charge on any atom is -0.349 e. The lowest BCUT2D eigenvalue weighted by molar-refractivity contribution is 0.0949. The molecule has 16 heavy (non-hydrogen) atoms. The number of amides is 1. The monoisotopic (exact) mass is 225 g/mol. The number of aromatic nitrogens is 1. The number of nitrogens with zero attached hydrogens (tertiary/aromatic N) is 1. The van der Waals surface area contributed by atoms with E-state index in [0.717, 1.165) is 25.7 Å². The van der Waals surface area contributed by atoms with Crippen LogP contribution < -0.4 is 10.6 Å². The van der Waals surface area contributed by atoms with Crippen molar-refractivity contribution in [1.29, 1.82) is 0 Å². The second-order valence-corrected chi connectivity index (χ2v) is 3.37. The Morgan fingerprint density at radius 2 is 2.19 bits per heavy atom. The van der Waals surface area contributed by atoms with Crippen LogP contribution in [0.4, 0.5) is 4.39 Å². The highest BCUT2D eigenvalue weighted by Crippen LogP contribution is 1.97. The smallest absolute Gasteiger partial charge is 0.269 e. The van der Waals surface area contributed by atoms with Gasteiger partial charge in [0.2, 0.25) is 0 Å². The molecule has 0 saturated heterocycles. The second-order valence-electron chi connectivity index (χ2n) is 3.37.